The standard InChI is InChI=1S/C25H25ClN2OS/c26-23-11-7-20(8-12-23)18-30-16-14-27-25(29)22-9-5-19(6-10-22)17-28-15-13-21-3-1-2-4-24(21)28/h1-12H,13-18H2,(H,27,29). The molecule has 154 valence electrons. The smallest absolute Gasteiger partial charge is 0.251 e. The van der Waals surface area contributed by atoms with E-state index in [0.717, 1.165) is 36.0 Å². The summed E-state index contributed by atoms with van der Waals surface area (Å²) in [7, 11) is 0. The van der Waals surface area contributed by atoms with Crippen LogP contribution < -0.4 is 10.2 Å². The van der Waals surface area contributed by atoms with E-state index in [1.807, 2.05) is 36.4 Å². The van der Waals surface area contributed by atoms with Gasteiger partial charge in [0, 0.05) is 47.4 Å². The van der Waals surface area contributed by atoms with E-state index < -0.39 is 0 Å². The molecule has 1 heterocycles. The normalized spacial score (nSPS) is 12.6. The molecule has 0 spiro atoms. The largest absolute Gasteiger partial charge is 0.367 e. The highest BCUT2D eigenvalue weighted by atomic mass is 35.5. The first-order chi connectivity index (χ1) is 14.7. The number of halogens is 1. The lowest BCUT2D eigenvalue weighted by atomic mass is 10.1. The molecule has 4 rings (SSSR count). The summed E-state index contributed by atoms with van der Waals surface area (Å²) in [5.74, 6) is 1.78. The highest BCUT2D eigenvalue weighted by Gasteiger charge is 2.18. The molecule has 0 aromatic heterocycles. The molecule has 1 aliphatic rings. The van der Waals surface area contributed by atoms with E-state index in [4.69, 9.17) is 11.6 Å². The van der Waals surface area contributed by atoms with Crippen LogP contribution in [0, 0.1) is 0 Å². The Morgan fingerprint density at radius 1 is 0.967 bits per heavy atom. The fraction of sp³-hybridized carbons (Fsp3) is 0.240. The number of para-hydroxylation sites is 1. The minimum Gasteiger partial charge on any atom is -0.367 e. The van der Waals surface area contributed by atoms with Crippen molar-refractivity contribution in [3.05, 3.63) is 100 Å². The van der Waals surface area contributed by atoms with Gasteiger partial charge >= 0.3 is 0 Å². The number of benzene rings is 3. The van der Waals surface area contributed by atoms with Crippen molar-refractivity contribution in [2.75, 3.05) is 23.7 Å². The van der Waals surface area contributed by atoms with Crippen molar-refractivity contribution in [1.82, 2.24) is 5.32 Å². The zero-order valence-electron chi connectivity index (χ0n) is 16.8. The van der Waals surface area contributed by atoms with Gasteiger partial charge in [0.2, 0.25) is 0 Å². The third kappa shape index (κ3) is 5.38. The topological polar surface area (TPSA) is 32.3 Å². The minimum absolute atomic E-state index is 0.0137. The summed E-state index contributed by atoms with van der Waals surface area (Å²) in [6, 6.07) is 24.5. The van der Waals surface area contributed by atoms with E-state index in [0.29, 0.717) is 12.1 Å². The van der Waals surface area contributed by atoms with Gasteiger partial charge in [0.1, 0.15) is 0 Å². The summed E-state index contributed by atoms with van der Waals surface area (Å²) in [5, 5.41) is 3.77. The van der Waals surface area contributed by atoms with Crippen LogP contribution in [0.2, 0.25) is 5.02 Å². The first kappa shape index (κ1) is 20.8. The number of rotatable bonds is 8. The zero-order valence-corrected chi connectivity index (χ0v) is 18.4. The predicted molar refractivity (Wildman–Crippen MR) is 128 cm³/mol. The van der Waals surface area contributed by atoms with Crippen LogP contribution in [-0.4, -0.2) is 24.7 Å². The quantitative estimate of drug-likeness (QED) is 0.469. The van der Waals surface area contributed by atoms with Crippen molar-refractivity contribution in [3.8, 4) is 0 Å². The molecular formula is C25H25ClN2OS. The molecule has 3 aromatic rings. The Morgan fingerprint density at radius 2 is 1.70 bits per heavy atom. The number of thioether (sulfide) groups is 1. The molecule has 30 heavy (non-hydrogen) atoms. The van der Waals surface area contributed by atoms with E-state index in [1.54, 1.807) is 11.8 Å². The van der Waals surface area contributed by atoms with E-state index in [9.17, 15) is 4.79 Å². The van der Waals surface area contributed by atoms with E-state index >= 15 is 0 Å². The van der Waals surface area contributed by atoms with Crippen molar-refractivity contribution in [2.24, 2.45) is 0 Å². The van der Waals surface area contributed by atoms with Crippen LogP contribution in [0.3, 0.4) is 0 Å². The highest BCUT2D eigenvalue weighted by Crippen LogP contribution is 2.28. The molecule has 1 N–H and O–H groups in total. The van der Waals surface area contributed by atoms with E-state index in [1.165, 1.54) is 22.4 Å². The van der Waals surface area contributed by atoms with Crippen molar-refractivity contribution < 1.29 is 4.79 Å². The molecule has 0 saturated heterocycles. The lowest BCUT2D eigenvalue weighted by molar-refractivity contribution is 0.0956. The van der Waals surface area contributed by atoms with Crippen LogP contribution in [-0.2, 0) is 18.7 Å². The molecule has 3 nitrogen and oxygen atoms in total. The zero-order chi connectivity index (χ0) is 20.8. The van der Waals surface area contributed by atoms with Gasteiger partial charge in [0.15, 0.2) is 0 Å². The predicted octanol–water partition coefficient (Wildman–Crippen LogP) is 5.57. The Labute approximate surface area is 187 Å². The molecule has 0 unspecified atom stereocenters. The van der Waals surface area contributed by atoms with Crippen molar-refractivity contribution in [2.45, 2.75) is 18.7 Å². The summed E-state index contributed by atoms with van der Waals surface area (Å²) < 4.78 is 0. The first-order valence-electron chi connectivity index (χ1n) is 10.2. The summed E-state index contributed by atoms with van der Waals surface area (Å²) in [6.45, 7) is 2.58. The number of carbonyl (C=O) groups excluding carboxylic acids is 1. The monoisotopic (exact) mass is 436 g/mol. The van der Waals surface area contributed by atoms with Crippen molar-refractivity contribution >= 4 is 35.0 Å². The van der Waals surface area contributed by atoms with Crippen molar-refractivity contribution in [1.29, 1.82) is 0 Å². The van der Waals surface area contributed by atoms with Gasteiger partial charge in [-0.15, -0.1) is 0 Å². The van der Waals surface area contributed by atoms with Gasteiger partial charge < -0.3 is 10.2 Å². The van der Waals surface area contributed by atoms with Crippen LogP contribution in [0.5, 0.6) is 0 Å². The maximum atomic E-state index is 12.4. The van der Waals surface area contributed by atoms with Crippen molar-refractivity contribution in [3.63, 3.8) is 0 Å². The summed E-state index contributed by atoms with van der Waals surface area (Å²) in [5.41, 5.74) is 5.93. The van der Waals surface area contributed by atoms with Gasteiger partial charge in [-0.2, -0.15) is 11.8 Å². The molecule has 0 radical (unpaired) electrons. The molecule has 0 atom stereocenters. The Bertz CT molecular complexity index is 989. The number of hydrogen-bond donors (Lipinski definition) is 1. The molecule has 0 aliphatic carbocycles. The molecule has 5 heteroatoms. The number of amides is 1. The number of anilines is 1. The Kier molecular flexibility index (Phi) is 6.98. The summed E-state index contributed by atoms with van der Waals surface area (Å²) >= 11 is 7.70. The third-order valence-corrected chi connectivity index (χ3v) is 6.57. The number of fused-ring (bicyclic) bond motifs is 1. The molecule has 3 aromatic carbocycles. The fourth-order valence-corrected chi connectivity index (χ4v) is 4.61. The minimum atomic E-state index is -0.0137. The molecule has 0 bridgehead atoms. The van der Waals surface area contributed by atoms with Gasteiger partial charge in [0.05, 0.1) is 0 Å². The van der Waals surface area contributed by atoms with Crippen LogP contribution in [0.1, 0.15) is 27.0 Å². The average molecular weight is 437 g/mol. The van der Waals surface area contributed by atoms with Crippen LogP contribution in [0.25, 0.3) is 0 Å². The van der Waals surface area contributed by atoms with Gasteiger partial charge in [0.25, 0.3) is 5.91 Å². The van der Waals surface area contributed by atoms with Crippen LogP contribution in [0.4, 0.5) is 5.69 Å². The molecule has 1 aliphatic heterocycles. The second-order valence-corrected chi connectivity index (χ2v) is 8.97. The van der Waals surface area contributed by atoms with Gasteiger partial charge in [-0.1, -0.05) is 54.1 Å². The number of nitrogens with one attached hydrogen (secondary N) is 1. The maximum Gasteiger partial charge on any atom is 0.251 e. The number of carbonyl (C=O) groups is 1. The van der Waals surface area contributed by atoms with E-state index in [2.05, 4.69) is 46.6 Å². The summed E-state index contributed by atoms with van der Waals surface area (Å²) in [4.78, 5) is 14.8. The Balaban J connectivity index is 1.21. The molecule has 1 amide bonds. The summed E-state index contributed by atoms with van der Waals surface area (Å²) in [6.07, 6.45) is 1.10. The second-order valence-electron chi connectivity index (χ2n) is 7.43. The van der Waals surface area contributed by atoms with Gasteiger partial charge in [-0.3, -0.25) is 4.79 Å². The molecular weight excluding hydrogens is 412 g/mol. The van der Waals surface area contributed by atoms with Gasteiger partial charge in [-0.25, -0.2) is 0 Å². The molecule has 0 fully saturated rings. The number of nitrogens with zero attached hydrogens (tertiary/aromatic N) is 1. The van der Waals surface area contributed by atoms with E-state index in [-0.39, 0.29) is 5.91 Å². The average Bonchev–Trinajstić information content (AvgIpc) is 3.18. The second kappa shape index (κ2) is 10.1. The van der Waals surface area contributed by atoms with Crippen LogP contribution in [0.15, 0.2) is 72.8 Å². The SMILES string of the molecule is O=C(NCCSCc1ccc(Cl)cc1)c1ccc(CN2CCc3ccccc32)cc1. The first-order valence-corrected chi connectivity index (χ1v) is 11.7. The third-order valence-electron chi connectivity index (χ3n) is 5.29. The molecule has 0 saturated carbocycles. The Hall–Kier alpha value is -2.43. The van der Waals surface area contributed by atoms with Crippen LogP contribution >= 0.6 is 23.4 Å². The maximum absolute atomic E-state index is 12.4. The fourth-order valence-electron chi connectivity index (χ4n) is 3.66. The number of hydrogen-bond acceptors (Lipinski definition) is 3. The lowest BCUT2D eigenvalue weighted by Crippen LogP contribution is -2.25. The van der Waals surface area contributed by atoms with Gasteiger partial charge in [-0.05, 0) is 53.4 Å². The Morgan fingerprint density at radius 3 is 2.50 bits per heavy atom. The lowest BCUT2D eigenvalue weighted by Gasteiger charge is -2.19. The highest BCUT2D eigenvalue weighted by molar-refractivity contribution is 7.98.